The summed E-state index contributed by atoms with van der Waals surface area (Å²) in [5, 5.41) is 0. The van der Waals surface area contributed by atoms with Gasteiger partial charge in [-0.1, -0.05) is 280 Å². The fourth-order valence-corrected chi connectivity index (χ4v) is 18.8. The number of fused-ring (bicyclic) bond motifs is 22. The predicted molar refractivity (Wildman–Crippen MR) is 388 cm³/mol. The summed E-state index contributed by atoms with van der Waals surface area (Å²) in [5.74, 6) is 0. The van der Waals surface area contributed by atoms with Gasteiger partial charge in [0.15, 0.2) is 0 Å². The van der Waals surface area contributed by atoms with Crippen molar-refractivity contribution >= 4 is 34.1 Å². The molecule has 0 amide bonds. The fourth-order valence-electron chi connectivity index (χ4n) is 18.8. The van der Waals surface area contributed by atoms with Gasteiger partial charge < -0.3 is 9.80 Å². The second kappa shape index (κ2) is 18.8. The molecule has 0 aromatic heterocycles. The highest BCUT2D eigenvalue weighted by Gasteiger charge is 2.52. The van der Waals surface area contributed by atoms with Crippen molar-refractivity contribution in [1.82, 2.24) is 0 Å². The van der Waals surface area contributed by atoms with Crippen LogP contribution in [0.25, 0.3) is 77.9 Å². The van der Waals surface area contributed by atoms with E-state index in [2.05, 4.69) is 344 Å². The van der Waals surface area contributed by atoms with Crippen molar-refractivity contribution in [3.8, 4) is 77.9 Å². The van der Waals surface area contributed by atoms with Crippen molar-refractivity contribution in [2.45, 2.75) is 82.5 Å². The molecule has 0 radical (unpaired) electrons. The summed E-state index contributed by atoms with van der Waals surface area (Å²) in [6.45, 7) is 19.3. The number of nitrogens with zero attached hydrogens (tertiary/aromatic N) is 2. The van der Waals surface area contributed by atoms with E-state index in [9.17, 15) is 0 Å². The number of hydrogen-bond donors (Lipinski definition) is 0. The third kappa shape index (κ3) is 7.03. The molecule has 0 saturated heterocycles. The Labute approximate surface area is 546 Å². The second-order valence-corrected chi connectivity index (χ2v) is 29.1. The average molecular weight is 1190 g/mol. The molecule has 2 nitrogen and oxygen atoms in total. The van der Waals surface area contributed by atoms with Gasteiger partial charge in [-0.3, -0.25) is 0 Å². The molecule has 6 aliphatic carbocycles. The van der Waals surface area contributed by atoms with Crippen molar-refractivity contribution in [3.63, 3.8) is 0 Å². The molecule has 0 N–H and O–H groups in total. The zero-order valence-corrected chi connectivity index (χ0v) is 54.0. The molecule has 13 aromatic rings. The maximum atomic E-state index is 2.64. The minimum Gasteiger partial charge on any atom is -0.310 e. The monoisotopic (exact) mass is 1190 g/mol. The van der Waals surface area contributed by atoms with Gasteiger partial charge in [-0.05, 0) is 188 Å². The Morgan fingerprint density at radius 3 is 0.914 bits per heavy atom. The van der Waals surface area contributed by atoms with Crippen LogP contribution in [0.2, 0.25) is 0 Å². The van der Waals surface area contributed by atoms with Gasteiger partial charge in [-0.2, -0.15) is 0 Å². The molecule has 19 rings (SSSR count). The Bertz CT molecular complexity index is 5150. The van der Waals surface area contributed by atoms with Gasteiger partial charge >= 0.3 is 0 Å². The van der Waals surface area contributed by atoms with Crippen molar-refractivity contribution < 1.29 is 0 Å². The van der Waals surface area contributed by atoms with Gasteiger partial charge in [0.1, 0.15) is 0 Å². The van der Waals surface area contributed by atoms with Crippen LogP contribution in [0.3, 0.4) is 0 Å². The predicted octanol–water partition coefficient (Wildman–Crippen LogP) is 23.9. The summed E-state index contributed by atoms with van der Waals surface area (Å²) >= 11 is 0. The van der Waals surface area contributed by atoms with Crippen molar-refractivity contribution in [2.24, 2.45) is 0 Å². The lowest BCUT2D eigenvalue weighted by atomic mass is 9.70. The van der Waals surface area contributed by atoms with Gasteiger partial charge in [-0.25, -0.2) is 0 Å². The minimum atomic E-state index is -0.521. The quantitative estimate of drug-likeness (QED) is 0.157. The first kappa shape index (κ1) is 54.2. The smallest absolute Gasteiger partial charge is 0.0725 e. The first-order valence-corrected chi connectivity index (χ1v) is 33.3. The number of rotatable bonds is 7. The van der Waals surface area contributed by atoms with Gasteiger partial charge in [0.05, 0.1) is 16.8 Å². The fraction of sp³-hybridized carbons (Fsp3) is 0.143. The topological polar surface area (TPSA) is 6.48 Å². The highest BCUT2D eigenvalue weighted by molar-refractivity contribution is 6.04. The summed E-state index contributed by atoms with van der Waals surface area (Å²) in [5.41, 5.74) is 39.2. The van der Waals surface area contributed by atoms with E-state index in [1.54, 1.807) is 0 Å². The molecule has 6 aliphatic rings. The van der Waals surface area contributed by atoms with Crippen molar-refractivity contribution in [2.75, 3.05) is 9.80 Å². The lowest BCUT2D eigenvalue weighted by Crippen LogP contribution is -2.25. The zero-order valence-electron chi connectivity index (χ0n) is 54.0. The summed E-state index contributed by atoms with van der Waals surface area (Å²) in [4.78, 5) is 5.28. The van der Waals surface area contributed by atoms with Crippen molar-refractivity contribution in [1.29, 1.82) is 0 Å². The van der Waals surface area contributed by atoms with E-state index >= 15 is 0 Å². The molecule has 13 aromatic carbocycles. The van der Waals surface area contributed by atoms with Gasteiger partial charge in [0.2, 0.25) is 0 Å². The number of hydrogen-bond acceptors (Lipinski definition) is 2. The molecule has 0 saturated carbocycles. The van der Waals surface area contributed by atoms with E-state index in [0.717, 1.165) is 39.7 Å². The van der Waals surface area contributed by atoms with E-state index in [1.165, 1.54) is 139 Å². The Balaban J connectivity index is 0.946. The van der Waals surface area contributed by atoms with Gasteiger partial charge in [0, 0.05) is 55.5 Å². The summed E-state index contributed by atoms with van der Waals surface area (Å²) in [7, 11) is 0. The summed E-state index contributed by atoms with van der Waals surface area (Å²) < 4.78 is 0. The Kier molecular flexibility index (Phi) is 11.0. The highest BCUT2D eigenvalue weighted by Crippen LogP contribution is 2.66. The first-order chi connectivity index (χ1) is 45.2. The molecule has 0 heterocycles. The third-order valence-electron chi connectivity index (χ3n) is 23.1. The zero-order chi connectivity index (χ0) is 62.7. The molecule has 0 atom stereocenters. The average Bonchev–Trinajstić information content (AvgIpc) is 1.51. The van der Waals surface area contributed by atoms with Crippen LogP contribution in [0.5, 0.6) is 0 Å². The molecule has 0 bridgehead atoms. The SMILES string of the molecule is CC1(C)c2ccccc2-c2ccc(N(c3cc(-c4cccc5c4-c4ccccc4C54c5ccccc5-c5ccccc54)cc(N(c4ccc5c(c4)C(C)(C)c4ccccc4-5)c4cccc5c4-c4ccccc4C5(C)C)c3)c3cccc4c3-c3ccccc3C4(C)C)cc21. The highest BCUT2D eigenvalue weighted by atomic mass is 15.2. The molecule has 444 valence electrons. The molecule has 0 unspecified atom stereocenters. The van der Waals surface area contributed by atoms with Crippen LogP contribution < -0.4 is 9.80 Å². The molecule has 0 aliphatic heterocycles. The van der Waals surface area contributed by atoms with E-state index in [-0.39, 0.29) is 21.7 Å². The van der Waals surface area contributed by atoms with Crippen LogP contribution in [-0.4, -0.2) is 0 Å². The van der Waals surface area contributed by atoms with Crippen LogP contribution in [-0.2, 0) is 27.1 Å². The molecule has 2 heteroatoms. The number of benzene rings is 13. The minimum absolute atomic E-state index is 0.233. The number of anilines is 6. The van der Waals surface area contributed by atoms with E-state index in [1.807, 2.05) is 0 Å². The van der Waals surface area contributed by atoms with E-state index in [4.69, 9.17) is 0 Å². The van der Waals surface area contributed by atoms with Crippen LogP contribution >= 0.6 is 0 Å². The third-order valence-corrected chi connectivity index (χ3v) is 23.1. The van der Waals surface area contributed by atoms with Crippen LogP contribution in [0.1, 0.15) is 122 Å². The largest absolute Gasteiger partial charge is 0.310 e. The van der Waals surface area contributed by atoms with E-state index in [0.29, 0.717) is 0 Å². The molecular formula is C91H70N2. The molecule has 1 spiro atoms. The summed E-state index contributed by atoms with van der Waals surface area (Å²) in [6.07, 6.45) is 0. The summed E-state index contributed by atoms with van der Waals surface area (Å²) in [6, 6.07) is 108. The molecule has 0 fully saturated rings. The molecule has 93 heavy (non-hydrogen) atoms. The first-order valence-electron chi connectivity index (χ1n) is 33.3. The van der Waals surface area contributed by atoms with Crippen molar-refractivity contribution in [3.05, 3.63) is 346 Å². The standard InChI is InChI=1S/C91H70N2/c1-87(2)72-36-18-13-30-67(72)85-77(87)41-24-44-82(85)92(56-46-48-65-61-26-9-16-34-70(61)89(5,6)80(65)53-56)58-50-55(60-33-23-43-79-84(60)69-32-15-22-40-76(69)91(79)74-38-20-11-28-63(74)64-29-12-21-39-75(64)91)51-59(52-58)93(57-47-49-66-62-27-10-17-35-71(62)90(7,8)81(66)54-57)83-45-25-42-78-86(83)68-31-14-19-37-73(68)88(78,3)4/h9-54H,1-8H3. The van der Waals surface area contributed by atoms with Crippen LogP contribution in [0.15, 0.2) is 279 Å². The molecular weight excluding hydrogens is 1120 g/mol. The normalized spacial score (nSPS) is 16.0. The lowest BCUT2D eigenvalue weighted by Gasteiger charge is -2.34. The van der Waals surface area contributed by atoms with Crippen LogP contribution in [0.4, 0.5) is 34.1 Å². The maximum Gasteiger partial charge on any atom is 0.0725 e. The lowest BCUT2D eigenvalue weighted by molar-refractivity contribution is 0.660. The maximum absolute atomic E-state index is 2.64. The van der Waals surface area contributed by atoms with E-state index < -0.39 is 5.41 Å². The van der Waals surface area contributed by atoms with Crippen LogP contribution in [0, 0.1) is 0 Å². The Morgan fingerprint density at radius 1 is 0.194 bits per heavy atom. The Morgan fingerprint density at radius 2 is 0.484 bits per heavy atom. The van der Waals surface area contributed by atoms with Gasteiger partial charge in [-0.15, -0.1) is 0 Å². The second-order valence-electron chi connectivity index (χ2n) is 29.1. The van der Waals surface area contributed by atoms with Gasteiger partial charge in [0.25, 0.3) is 0 Å². The Hall–Kier alpha value is -10.5.